The standard InChI is InChI=1S/Br3Si2/c1-4-5(2)3. The van der Waals surface area contributed by atoms with Crippen LogP contribution in [0, 0.1) is 0 Å². The number of hydrogen-bond acceptors (Lipinski definition) is 0. The molecule has 0 aromatic rings. The van der Waals surface area contributed by atoms with Gasteiger partial charge in [0.05, 0.1) is 0 Å². The molecule has 0 N–H and O–H groups in total. The Morgan fingerprint density at radius 1 is 1.40 bits per heavy atom. The molecule has 0 atom stereocenters. The van der Waals surface area contributed by atoms with Crippen molar-refractivity contribution in [2.75, 3.05) is 0 Å². The third kappa shape index (κ3) is 5.87. The second-order valence-electron chi connectivity index (χ2n) is 0.355. The summed E-state index contributed by atoms with van der Waals surface area (Å²) >= 11 is 10.0. The van der Waals surface area contributed by atoms with Gasteiger partial charge in [0.1, 0.15) is 0 Å². The smallest absolute Gasteiger partial charge is 0.133 e. The van der Waals surface area contributed by atoms with Gasteiger partial charge in [-0.05, 0) is 0 Å². The summed E-state index contributed by atoms with van der Waals surface area (Å²) in [4.78, 5) is 0. The molecule has 0 unspecified atom stereocenters. The van der Waals surface area contributed by atoms with Crippen molar-refractivity contribution in [3.05, 3.63) is 0 Å². The highest BCUT2D eigenvalue weighted by Gasteiger charge is 1.95. The maximum Gasteiger partial charge on any atom is 0.212 e. The monoisotopic (exact) mass is 293 g/mol. The maximum atomic E-state index is 3.36. The van der Waals surface area contributed by atoms with Gasteiger partial charge >= 0.3 is 0 Å². The summed E-state index contributed by atoms with van der Waals surface area (Å²) in [5, 5.41) is 0. The summed E-state index contributed by atoms with van der Waals surface area (Å²) in [6.07, 6.45) is 0. The minimum Gasteiger partial charge on any atom is -0.133 e. The third-order valence-corrected chi connectivity index (χ3v) is 17.4. The highest BCUT2D eigenvalue weighted by Crippen LogP contribution is 2.01. The minimum absolute atomic E-state index is 0.305. The van der Waals surface area contributed by atoms with Crippen molar-refractivity contribution >= 4 is 59.1 Å². The van der Waals surface area contributed by atoms with Crippen LogP contribution in [0.2, 0.25) is 0 Å². The molecule has 0 aromatic heterocycles. The van der Waals surface area contributed by atoms with E-state index in [0.29, 0.717) is 0 Å². The number of halogens is 3. The van der Waals surface area contributed by atoms with Crippen LogP contribution in [-0.2, 0) is 0 Å². The fourth-order valence-corrected chi connectivity index (χ4v) is 0. The van der Waals surface area contributed by atoms with Crippen LogP contribution >= 0.6 is 45.9 Å². The van der Waals surface area contributed by atoms with E-state index in [1.165, 1.54) is 0 Å². The molecule has 0 spiro atoms. The lowest BCUT2D eigenvalue weighted by atomic mass is 27.1. The topological polar surface area (TPSA) is 0 Å². The van der Waals surface area contributed by atoms with Crippen LogP contribution in [0.3, 0.4) is 0 Å². The van der Waals surface area contributed by atoms with E-state index >= 15 is 0 Å². The Hall–Kier alpha value is 1.87. The maximum absolute atomic E-state index is 3.36. The van der Waals surface area contributed by atoms with Crippen molar-refractivity contribution < 1.29 is 0 Å². The molecule has 0 saturated heterocycles. The Kier molecular flexibility index (Phi) is 5.56. The summed E-state index contributed by atoms with van der Waals surface area (Å²) in [6, 6.07) is 0. The number of rotatable bonds is 1. The lowest BCUT2D eigenvalue weighted by Crippen LogP contribution is -1.94. The molecule has 0 aliphatic rings. The lowest BCUT2D eigenvalue weighted by molar-refractivity contribution is 4.42. The predicted molar refractivity (Wildman–Crippen MR) is 38.3 cm³/mol. The predicted octanol–water partition coefficient (Wildman–Crippen LogP) is 1.78. The first-order valence-electron chi connectivity index (χ1n) is 0.817. The van der Waals surface area contributed by atoms with Crippen LogP contribution in [0.1, 0.15) is 0 Å². The molecule has 0 heterocycles. The van der Waals surface area contributed by atoms with Crippen molar-refractivity contribution in [2.45, 2.75) is 0 Å². The average molecular weight is 296 g/mol. The Balaban J connectivity index is 2.54. The molecule has 0 aliphatic carbocycles. The van der Waals surface area contributed by atoms with Crippen LogP contribution in [0.15, 0.2) is 0 Å². The molecule has 3 radical (unpaired) electrons. The molecule has 0 rings (SSSR count). The van der Waals surface area contributed by atoms with E-state index in [-0.39, 0.29) is 5.55 Å². The van der Waals surface area contributed by atoms with Gasteiger partial charge in [0, 0.05) is 0 Å². The fourth-order valence-electron chi connectivity index (χ4n) is 0. The van der Waals surface area contributed by atoms with E-state index in [4.69, 9.17) is 0 Å². The average Bonchev–Trinajstić information content (AvgIpc) is 1.38. The fraction of sp³-hybridized carbons (Fsp3) is 0. The van der Waals surface area contributed by atoms with Crippen molar-refractivity contribution in [3.8, 4) is 0 Å². The van der Waals surface area contributed by atoms with Gasteiger partial charge in [-0.2, -0.15) is 0 Å². The normalized spacial score (nSPS) is 9.60. The molecule has 0 amide bonds. The molecule has 0 bridgehead atoms. The lowest BCUT2D eigenvalue weighted by Gasteiger charge is -1.76. The molecular weight excluding hydrogens is 296 g/mol. The number of hydrogen-bond donors (Lipinski definition) is 0. The molecule has 0 nitrogen and oxygen atoms in total. The Bertz CT molecular complexity index is 18.9. The zero-order valence-electron chi connectivity index (χ0n) is 2.13. The zero-order valence-corrected chi connectivity index (χ0v) is 8.89. The molecule has 5 heteroatoms. The second-order valence-corrected chi connectivity index (χ2v) is 19.0. The summed E-state index contributed by atoms with van der Waals surface area (Å²) in [7, 11) is 0.862. The Morgan fingerprint density at radius 3 is 1.60 bits per heavy atom. The molecular formula is Br3Si2. The van der Waals surface area contributed by atoms with Crippen LogP contribution in [0.4, 0.5) is 0 Å². The molecule has 5 heavy (non-hydrogen) atoms. The SMILES string of the molecule is Br[Si][Si](Br)Br. The van der Waals surface area contributed by atoms with Crippen LogP contribution in [0.25, 0.3) is 0 Å². The molecule has 0 fully saturated rings. The van der Waals surface area contributed by atoms with E-state index in [1.54, 1.807) is 0 Å². The first kappa shape index (κ1) is 6.87. The van der Waals surface area contributed by atoms with Crippen molar-refractivity contribution in [1.82, 2.24) is 0 Å². The van der Waals surface area contributed by atoms with Gasteiger partial charge in [-0.15, -0.1) is 45.9 Å². The van der Waals surface area contributed by atoms with Crippen LogP contribution < -0.4 is 0 Å². The van der Waals surface area contributed by atoms with Gasteiger partial charge in [0.2, 0.25) is 5.55 Å². The van der Waals surface area contributed by atoms with E-state index in [9.17, 15) is 0 Å². The van der Waals surface area contributed by atoms with E-state index in [0.717, 1.165) is 7.66 Å². The van der Waals surface area contributed by atoms with Crippen molar-refractivity contribution in [2.24, 2.45) is 0 Å². The minimum atomic E-state index is -0.305. The van der Waals surface area contributed by atoms with Gasteiger partial charge in [0.15, 0.2) is 7.66 Å². The summed E-state index contributed by atoms with van der Waals surface area (Å²) in [6.45, 7) is 0. The highest BCUT2D eigenvalue weighted by molar-refractivity contribution is 9.53. The van der Waals surface area contributed by atoms with E-state index in [2.05, 4.69) is 45.9 Å². The van der Waals surface area contributed by atoms with Crippen molar-refractivity contribution in [3.63, 3.8) is 0 Å². The van der Waals surface area contributed by atoms with Gasteiger partial charge in [0.25, 0.3) is 0 Å². The first-order chi connectivity index (χ1) is 2.27. The van der Waals surface area contributed by atoms with E-state index < -0.39 is 0 Å². The third-order valence-electron chi connectivity index (χ3n) is 0.0714. The van der Waals surface area contributed by atoms with Crippen LogP contribution in [-0.4, -0.2) is 13.2 Å². The summed E-state index contributed by atoms with van der Waals surface area (Å²) in [5.74, 6) is 0. The second kappa shape index (κ2) is 4.04. The summed E-state index contributed by atoms with van der Waals surface area (Å²) < 4.78 is 0. The largest absolute Gasteiger partial charge is 0.212 e. The highest BCUT2D eigenvalue weighted by atomic mass is 79.9. The van der Waals surface area contributed by atoms with Gasteiger partial charge in [-0.1, -0.05) is 0 Å². The molecule has 0 aliphatic heterocycles. The van der Waals surface area contributed by atoms with Gasteiger partial charge < -0.3 is 0 Å². The van der Waals surface area contributed by atoms with Crippen molar-refractivity contribution in [1.29, 1.82) is 0 Å². The molecule has 0 aromatic carbocycles. The Morgan fingerprint density at radius 2 is 1.60 bits per heavy atom. The van der Waals surface area contributed by atoms with Crippen LogP contribution in [0.5, 0.6) is 0 Å². The quantitative estimate of drug-likeness (QED) is 0.511. The van der Waals surface area contributed by atoms with E-state index in [1.807, 2.05) is 0 Å². The first-order valence-corrected chi connectivity index (χ1v) is 11.1. The molecule has 0 saturated carbocycles. The summed E-state index contributed by atoms with van der Waals surface area (Å²) in [5.41, 5.74) is -0.305. The van der Waals surface area contributed by atoms with Gasteiger partial charge in [-0.3, -0.25) is 0 Å². The molecule has 29 valence electrons. The zero-order chi connectivity index (χ0) is 4.28. The Labute approximate surface area is 58.7 Å². The van der Waals surface area contributed by atoms with Gasteiger partial charge in [-0.25, -0.2) is 0 Å².